The molecule has 0 spiro atoms. The molecule has 0 unspecified atom stereocenters. The van der Waals surface area contributed by atoms with Gasteiger partial charge in [-0.05, 0) is 56.9 Å². The number of carbonyl (C=O) groups excluding carboxylic acids is 1. The first-order valence-electron chi connectivity index (χ1n) is 6.85. The molecule has 4 heteroatoms. The maximum atomic E-state index is 12.1. The molecule has 0 atom stereocenters. The van der Waals surface area contributed by atoms with Crippen LogP contribution in [-0.2, 0) is 11.2 Å². The average molecular weight is 271 g/mol. The molecule has 1 aromatic carbocycles. The van der Waals surface area contributed by atoms with Gasteiger partial charge in [0.15, 0.2) is 0 Å². The summed E-state index contributed by atoms with van der Waals surface area (Å²) < 4.78 is 0. The van der Waals surface area contributed by atoms with E-state index >= 15 is 0 Å². The molecule has 0 fully saturated rings. The van der Waals surface area contributed by atoms with Crippen molar-refractivity contribution in [3.05, 3.63) is 46.3 Å². The predicted molar refractivity (Wildman–Crippen MR) is 80.9 cm³/mol. The number of aromatic nitrogens is 2. The highest BCUT2D eigenvalue weighted by atomic mass is 16.1. The standard InChI is InChI=1S/C16H21N3O/c1-10-6-5-7-15(11(10)2)17-16(20)9-8-14-12(3)18-19-13(14)4/h5-7H,8-9H2,1-4H3,(H,17,20)(H,18,19). The molecule has 1 aromatic heterocycles. The fourth-order valence-electron chi connectivity index (χ4n) is 2.28. The van der Waals surface area contributed by atoms with Crippen LogP contribution < -0.4 is 5.32 Å². The molecule has 0 bridgehead atoms. The normalized spacial score (nSPS) is 10.6. The SMILES string of the molecule is Cc1cccc(NC(=O)CCc2c(C)n[nH]c2C)c1C. The summed E-state index contributed by atoms with van der Waals surface area (Å²) >= 11 is 0. The smallest absolute Gasteiger partial charge is 0.224 e. The van der Waals surface area contributed by atoms with Gasteiger partial charge in [-0.25, -0.2) is 0 Å². The van der Waals surface area contributed by atoms with Crippen molar-refractivity contribution in [1.29, 1.82) is 0 Å². The lowest BCUT2D eigenvalue weighted by Gasteiger charge is -2.10. The van der Waals surface area contributed by atoms with Crippen LogP contribution in [0.1, 0.15) is 34.5 Å². The Hall–Kier alpha value is -2.10. The molecular weight excluding hydrogens is 250 g/mol. The van der Waals surface area contributed by atoms with Crippen molar-refractivity contribution < 1.29 is 4.79 Å². The Morgan fingerprint density at radius 3 is 2.65 bits per heavy atom. The van der Waals surface area contributed by atoms with Gasteiger partial charge >= 0.3 is 0 Å². The summed E-state index contributed by atoms with van der Waals surface area (Å²) in [5.41, 5.74) is 6.36. The highest BCUT2D eigenvalue weighted by Gasteiger charge is 2.10. The van der Waals surface area contributed by atoms with Crippen LogP contribution in [0.25, 0.3) is 0 Å². The zero-order chi connectivity index (χ0) is 14.7. The molecule has 0 aliphatic heterocycles. The number of anilines is 1. The molecule has 2 rings (SSSR count). The lowest BCUT2D eigenvalue weighted by molar-refractivity contribution is -0.116. The van der Waals surface area contributed by atoms with Gasteiger partial charge in [0.25, 0.3) is 0 Å². The number of nitrogens with zero attached hydrogens (tertiary/aromatic N) is 1. The lowest BCUT2D eigenvalue weighted by atomic mass is 10.1. The molecule has 0 saturated heterocycles. The van der Waals surface area contributed by atoms with Crippen LogP contribution in [0.3, 0.4) is 0 Å². The summed E-state index contributed by atoms with van der Waals surface area (Å²) in [6.45, 7) is 8.01. The maximum absolute atomic E-state index is 12.1. The Balaban J connectivity index is 1.98. The Kier molecular flexibility index (Phi) is 4.23. The van der Waals surface area contributed by atoms with E-state index in [2.05, 4.69) is 15.5 Å². The number of rotatable bonds is 4. The van der Waals surface area contributed by atoms with Crippen LogP contribution in [-0.4, -0.2) is 16.1 Å². The fraction of sp³-hybridized carbons (Fsp3) is 0.375. The molecule has 20 heavy (non-hydrogen) atoms. The van der Waals surface area contributed by atoms with Gasteiger partial charge in [-0.15, -0.1) is 0 Å². The maximum Gasteiger partial charge on any atom is 0.224 e. The minimum Gasteiger partial charge on any atom is -0.326 e. The molecule has 1 heterocycles. The number of amides is 1. The minimum absolute atomic E-state index is 0.0405. The van der Waals surface area contributed by atoms with Gasteiger partial charge < -0.3 is 5.32 Å². The van der Waals surface area contributed by atoms with E-state index < -0.39 is 0 Å². The van der Waals surface area contributed by atoms with Crippen LogP contribution in [0.5, 0.6) is 0 Å². The number of H-pyrrole nitrogens is 1. The van der Waals surface area contributed by atoms with Crippen molar-refractivity contribution in [1.82, 2.24) is 10.2 Å². The fourth-order valence-corrected chi connectivity index (χ4v) is 2.28. The third-order valence-corrected chi connectivity index (χ3v) is 3.76. The average Bonchev–Trinajstić information content (AvgIpc) is 2.72. The third kappa shape index (κ3) is 3.07. The minimum atomic E-state index is 0.0405. The van der Waals surface area contributed by atoms with Crippen molar-refractivity contribution in [2.75, 3.05) is 5.32 Å². The third-order valence-electron chi connectivity index (χ3n) is 3.76. The van der Waals surface area contributed by atoms with Gasteiger partial charge in [-0.3, -0.25) is 9.89 Å². The van der Waals surface area contributed by atoms with E-state index in [-0.39, 0.29) is 5.91 Å². The van der Waals surface area contributed by atoms with Crippen LogP contribution in [0.2, 0.25) is 0 Å². The van der Waals surface area contributed by atoms with Crippen LogP contribution in [0.15, 0.2) is 18.2 Å². The molecule has 4 nitrogen and oxygen atoms in total. The quantitative estimate of drug-likeness (QED) is 0.897. The first-order chi connectivity index (χ1) is 9.49. The summed E-state index contributed by atoms with van der Waals surface area (Å²) in [5.74, 6) is 0.0405. The van der Waals surface area contributed by atoms with Gasteiger partial charge in [0.2, 0.25) is 5.91 Å². The number of benzene rings is 1. The van der Waals surface area contributed by atoms with Gasteiger partial charge in [0.05, 0.1) is 5.69 Å². The zero-order valence-corrected chi connectivity index (χ0v) is 12.5. The molecule has 0 aliphatic rings. The largest absolute Gasteiger partial charge is 0.326 e. The second kappa shape index (κ2) is 5.90. The van der Waals surface area contributed by atoms with Gasteiger partial charge in [0, 0.05) is 17.8 Å². The highest BCUT2D eigenvalue weighted by Crippen LogP contribution is 2.18. The molecule has 0 saturated carbocycles. The van der Waals surface area contributed by atoms with Crippen molar-refractivity contribution in [2.45, 2.75) is 40.5 Å². The molecule has 0 radical (unpaired) electrons. The van der Waals surface area contributed by atoms with Crippen molar-refractivity contribution in [2.24, 2.45) is 0 Å². The summed E-state index contributed by atoms with van der Waals surface area (Å²) in [5, 5.41) is 10.1. The Morgan fingerprint density at radius 2 is 2.00 bits per heavy atom. The number of aryl methyl sites for hydroxylation is 3. The van der Waals surface area contributed by atoms with E-state index in [1.807, 2.05) is 45.9 Å². The van der Waals surface area contributed by atoms with E-state index in [0.29, 0.717) is 12.8 Å². The Morgan fingerprint density at radius 1 is 1.25 bits per heavy atom. The van der Waals surface area contributed by atoms with Crippen molar-refractivity contribution in [3.8, 4) is 0 Å². The van der Waals surface area contributed by atoms with E-state index in [1.165, 1.54) is 5.56 Å². The molecule has 0 aliphatic carbocycles. The summed E-state index contributed by atoms with van der Waals surface area (Å²) in [7, 11) is 0. The zero-order valence-electron chi connectivity index (χ0n) is 12.5. The number of hydrogen-bond acceptors (Lipinski definition) is 2. The number of hydrogen-bond donors (Lipinski definition) is 2. The highest BCUT2D eigenvalue weighted by molar-refractivity contribution is 5.91. The van der Waals surface area contributed by atoms with E-state index in [1.54, 1.807) is 0 Å². The topological polar surface area (TPSA) is 57.8 Å². The molecular formula is C16H21N3O. The summed E-state index contributed by atoms with van der Waals surface area (Å²) in [6.07, 6.45) is 1.18. The molecule has 2 aromatic rings. The summed E-state index contributed by atoms with van der Waals surface area (Å²) in [6, 6.07) is 5.94. The number of carbonyl (C=O) groups is 1. The summed E-state index contributed by atoms with van der Waals surface area (Å²) in [4.78, 5) is 12.1. The Labute approximate surface area is 119 Å². The van der Waals surface area contributed by atoms with Crippen LogP contribution in [0, 0.1) is 27.7 Å². The lowest BCUT2D eigenvalue weighted by Crippen LogP contribution is -2.13. The Bertz CT molecular complexity index is 609. The first kappa shape index (κ1) is 14.3. The monoisotopic (exact) mass is 271 g/mol. The van der Waals surface area contributed by atoms with Gasteiger partial charge in [0.1, 0.15) is 0 Å². The predicted octanol–water partition coefficient (Wildman–Crippen LogP) is 3.21. The molecule has 1 amide bonds. The molecule has 106 valence electrons. The van der Waals surface area contributed by atoms with E-state index in [4.69, 9.17) is 0 Å². The van der Waals surface area contributed by atoms with Gasteiger partial charge in [-0.2, -0.15) is 5.10 Å². The van der Waals surface area contributed by atoms with Crippen LogP contribution >= 0.6 is 0 Å². The van der Waals surface area contributed by atoms with Crippen molar-refractivity contribution >= 4 is 11.6 Å². The van der Waals surface area contributed by atoms with E-state index in [0.717, 1.165) is 28.2 Å². The second-order valence-corrected chi connectivity index (χ2v) is 5.21. The van der Waals surface area contributed by atoms with E-state index in [9.17, 15) is 4.79 Å². The number of aromatic amines is 1. The second-order valence-electron chi connectivity index (χ2n) is 5.21. The molecule has 2 N–H and O–H groups in total. The van der Waals surface area contributed by atoms with Gasteiger partial charge in [-0.1, -0.05) is 12.1 Å². The number of nitrogens with one attached hydrogen (secondary N) is 2. The van der Waals surface area contributed by atoms with Crippen LogP contribution in [0.4, 0.5) is 5.69 Å². The first-order valence-corrected chi connectivity index (χ1v) is 6.85. The van der Waals surface area contributed by atoms with Crippen molar-refractivity contribution in [3.63, 3.8) is 0 Å².